The van der Waals surface area contributed by atoms with E-state index in [1.807, 2.05) is 0 Å². The van der Waals surface area contributed by atoms with E-state index in [1.165, 1.54) is 44.9 Å². The van der Waals surface area contributed by atoms with E-state index in [-0.39, 0.29) is 0 Å². The van der Waals surface area contributed by atoms with Gasteiger partial charge in [-0.05, 0) is 32.5 Å². The molecule has 0 N–H and O–H groups in total. The largest absolute Gasteiger partial charge is 0.418 e. The number of rotatable bonds is 10. The number of terminal acetylenes is 1. The van der Waals surface area contributed by atoms with Crippen molar-refractivity contribution in [3.8, 4) is 12.3 Å². The van der Waals surface area contributed by atoms with E-state index in [0.29, 0.717) is 0 Å². The number of hydrogen-bond donors (Lipinski definition) is 0. The molecule has 1 nitrogen and oxygen atoms in total. The second-order valence-corrected chi connectivity index (χ2v) is 9.90. The van der Waals surface area contributed by atoms with Gasteiger partial charge < -0.3 is 4.43 Å². The summed E-state index contributed by atoms with van der Waals surface area (Å²) >= 11 is 0. The zero-order valence-corrected chi connectivity index (χ0v) is 12.3. The van der Waals surface area contributed by atoms with E-state index >= 15 is 0 Å². The van der Waals surface area contributed by atoms with Crippen LogP contribution in [-0.4, -0.2) is 14.9 Å². The molecule has 0 bridgehead atoms. The second kappa shape index (κ2) is 9.93. The number of hydrogen-bond acceptors (Lipinski definition) is 1. The van der Waals surface area contributed by atoms with Crippen molar-refractivity contribution >= 4 is 8.32 Å². The Hall–Kier alpha value is -0.263. The molecule has 0 aliphatic heterocycles. The van der Waals surface area contributed by atoms with Crippen LogP contribution in [0.15, 0.2) is 0 Å². The fraction of sp³-hybridized carbons (Fsp3) is 0.857. The molecule has 0 aliphatic rings. The minimum absolute atomic E-state index is 0.948. The molecule has 0 atom stereocenters. The van der Waals surface area contributed by atoms with E-state index in [1.54, 1.807) is 0 Å². The fourth-order valence-corrected chi connectivity index (χ4v) is 2.35. The standard InChI is InChI=1S/C14H28OSi/c1-5-6-7-8-9-10-11-12-13-14-15-16(2,3)4/h1H,6-14H2,2-4H3. The maximum atomic E-state index is 5.81. The van der Waals surface area contributed by atoms with Gasteiger partial charge in [-0.1, -0.05) is 32.1 Å². The molecule has 0 saturated carbocycles. The molecule has 0 amide bonds. The van der Waals surface area contributed by atoms with Crippen LogP contribution in [0.4, 0.5) is 0 Å². The Morgan fingerprint density at radius 2 is 1.38 bits per heavy atom. The van der Waals surface area contributed by atoms with Gasteiger partial charge in [-0.3, -0.25) is 0 Å². The van der Waals surface area contributed by atoms with Crippen LogP contribution in [0.1, 0.15) is 51.4 Å². The zero-order valence-electron chi connectivity index (χ0n) is 11.3. The summed E-state index contributed by atoms with van der Waals surface area (Å²) < 4.78 is 5.81. The summed E-state index contributed by atoms with van der Waals surface area (Å²) in [5.41, 5.74) is 0. The van der Waals surface area contributed by atoms with Crippen LogP contribution >= 0.6 is 0 Å². The van der Waals surface area contributed by atoms with Crippen molar-refractivity contribution in [2.75, 3.05) is 6.61 Å². The van der Waals surface area contributed by atoms with Crippen LogP contribution in [0.2, 0.25) is 19.6 Å². The summed E-state index contributed by atoms with van der Waals surface area (Å²) in [6.45, 7) is 7.71. The van der Waals surface area contributed by atoms with Gasteiger partial charge in [-0.25, -0.2) is 0 Å². The predicted molar refractivity (Wildman–Crippen MR) is 75.1 cm³/mol. The molecule has 0 spiro atoms. The quantitative estimate of drug-likeness (QED) is 0.308. The highest BCUT2D eigenvalue weighted by atomic mass is 28.4. The topological polar surface area (TPSA) is 9.23 Å². The van der Waals surface area contributed by atoms with Crippen LogP contribution in [0, 0.1) is 12.3 Å². The minimum Gasteiger partial charge on any atom is -0.418 e. The smallest absolute Gasteiger partial charge is 0.183 e. The summed E-state index contributed by atoms with van der Waals surface area (Å²) in [6.07, 6.45) is 15.3. The third-order valence-electron chi connectivity index (χ3n) is 2.50. The lowest BCUT2D eigenvalue weighted by Crippen LogP contribution is -2.25. The van der Waals surface area contributed by atoms with E-state index in [9.17, 15) is 0 Å². The third-order valence-corrected chi connectivity index (χ3v) is 3.57. The summed E-state index contributed by atoms with van der Waals surface area (Å²) in [4.78, 5) is 0. The zero-order chi connectivity index (χ0) is 12.3. The molecular formula is C14H28OSi. The van der Waals surface area contributed by atoms with Gasteiger partial charge >= 0.3 is 0 Å². The molecule has 94 valence electrons. The van der Waals surface area contributed by atoms with Crippen LogP contribution < -0.4 is 0 Å². The lowest BCUT2D eigenvalue weighted by atomic mass is 10.1. The van der Waals surface area contributed by atoms with Gasteiger partial charge in [-0.2, -0.15) is 0 Å². The average molecular weight is 240 g/mol. The molecule has 0 aromatic carbocycles. The number of unbranched alkanes of at least 4 members (excludes halogenated alkanes) is 7. The van der Waals surface area contributed by atoms with Gasteiger partial charge in [0, 0.05) is 13.0 Å². The summed E-state index contributed by atoms with van der Waals surface area (Å²) in [5.74, 6) is 2.69. The van der Waals surface area contributed by atoms with Crippen molar-refractivity contribution in [2.45, 2.75) is 71.0 Å². The van der Waals surface area contributed by atoms with Crippen LogP contribution in [-0.2, 0) is 4.43 Å². The van der Waals surface area contributed by atoms with Crippen molar-refractivity contribution in [1.29, 1.82) is 0 Å². The molecule has 0 aromatic heterocycles. The average Bonchev–Trinajstić information content (AvgIpc) is 2.19. The Labute approximate surface area is 103 Å². The molecule has 0 unspecified atom stereocenters. The summed E-state index contributed by atoms with van der Waals surface area (Å²) in [5, 5.41) is 0. The third kappa shape index (κ3) is 13.7. The highest BCUT2D eigenvalue weighted by Crippen LogP contribution is 2.09. The van der Waals surface area contributed by atoms with Crippen LogP contribution in [0.3, 0.4) is 0 Å². The van der Waals surface area contributed by atoms with Crippen LogP contribution in [0.5, 0.6) is 0 Å². The molecule has 0 radical (unpaired) electrons. The van der Waals surface area contributed by atoms with Crippen molar-refractivity contribution in [3.63, 3.8) is 0 Å². The molecule has 0 fully saturated rings. The molecule has 2 heteroatoms. The van der Waals surface area contributed by atoms with Crippen molar-refractivity contribution in [2.24, 2.45) is 0 Å². The Morgan fingerprint density at radius 3 is 1.88 bits per heavy atom. The van der Waals surface area contributed by atoms with Gasteiger partial charge in [0.05, 0.1) is 0 Å². The van der Waals surface area contributed by atoms with Gasteiger partial charge in [0.15, 0.2) is 8.32 Å². The first-order valence-electron chi connectivity index (χ1n) is 6.64. The van der Waals surface area contributed by atoms with E-state index < -0.39 is 8.32 Å². The van der Waals surface area contributed by atoms with Gasteiger partial charge in [0.25, 0.3) is 0 Å². The molecule has 0 aromatic rings. The summed E-state index contributed by atoms with van der Waals surface area (Å²) in [6, 6.07) is 0. The highest BCUT2D eigenvalue weighted by Gasteiger charge is 2.12. The minimum atomic E-state index is -1.27. The first kappa shape index (κ1) is 15.7. The summed E-state index contributed by atoms with van der Waals surface area (Å²) in [7, 11) is -1.27. The Kier molecular flexibility index (Phi) is 9.76. The molecule has 0 aliphatic carbocycles. The Balaban J connectivity index is 3.02. The maximum absolute atomic E-state index is 5.81. The lowest BCUT2D eigenvalue weighted by molar-refractivity contribution is 0.298. The van der Waals surface area contributed by atoms with Crippen molar-refractivity contribution < 1.29 is 4.43 Å². The first-order chi connectivity index (χ1) is 7.56. The van der Waals surface area contributed by atoms with E-state index in [0.717, 1.165) is 13.0 Å². The molecule has 0 rings (SSSR count). The fourth-order valence-electron chi connectivity index (χ4n) is 1.59. The SMILES string of the molecule is C#CCCCCCCCCCO[Si](C)(C)C. The van der Waals surface area contributed by atoms with Crippen molar-refractivity contribution in [1.82, 2.24) is 0 Å². The first-order valence-corrected chi connectivity index (χ1v) is 10.0. The van der Waals surface area contributed by atoms with Gasteiger partial charge in [0.2, 0.25) is 0 Å². The van der Waals surface area contributed by atoms with Crippen molar-refractivity contribution in [3.05, 3.63) is 0 Å². The molecule has 16 heavy (non-hydrogen) atoms. The molecule has 0 saturated heterocycles. The highest BCUT2D eigenvalue weighted by molar-refractivity contribution is 6.69. The monoisotopic (exact) mass is 240 g/mol. The maximum Gasteiger partial charge on any atom is 0.183 e. The molecule has 0 heterocycles. The van der Waals surface area contributed by atoms with E-state index in [4.69, 9.17) is 10.8 Å². The van der Waals surface area contributed by atoms with Gasteiger partial charge in [-0.15, -0.1) is 12.3 Å². The second-order valence-electron chi connectivity index (χ2n) is 5.39. The molecular weight excluding hydrogens is 212 g/mol. The predicted octanol–water partition coefficient (Wildman–Crippen LogP) is 4.59. The normalized spacial score (nSPS) is 11.4. The Morgan fingerprint density at radius 1 is 0.875 bits per heavy atom. The lowest BCUT2D eigenvalue weighted by Gasteiger charge is -2.16. The van der Waals surface area contributed by atoms with Gasteiger partial charge in [0.1, 0.15) is 0 Å². The van der Waals surface area contributed by atoms with E-state index in [2.05, 4.69) is 25.6 Å². The Bertz CT molecular complexity index is 188. The van der Waals surface area contributed by atoms with Crippen LogP contribution in [0.25, 0.3) is 0 Å².